The van der Waals surface area contributed by atoms with Gasteiger partial charge in [0.2, 0.25) is 23.8 Å². The molecule has 2 aliphatic rings. The minimum atomic E-state index is -1.87. The summed E-state index contributed by atoms with van der Waals surface area (Å²) in [5.41, 5.74) is -0.954. The minimum absolute atomic E-state index is 0.00847. The summed E-state index contributed by atoms with van der Waals surface area (Å²) in [5, 5.41) is 99.8. The van der Waals surface area contributed by atoms with Crippen LogP contribution >= 0.6 is 0 Å². The summed E-state index contributed by atoms with van der Waals surface area (Å²) < 4.78 is 27.9. The molecule has 10 atom stereocenters. The molecule has 0 saturated carbocycles. The van der Waals surface area contributed by atoms with Crippen molar-refractivity contribution >= 4 is 11.0 Å². The van der Waals surface area contributed by atoms with Gasteiger partial charge >= 0.3 is 0 Å². The van der Waals surface area contributed by atoms with Gasteiger partial charge in [-0.15, -0.1) is 0 Å². The molecular weight excluding hydrogens is 580 g/mol. The average molecular weight is 611 g/mol. The van der Waals surface area contributed by atoms with Crippen molar-refractivity contribution in [3.63, 3.8) is 0 Å². The van der Waals surface area contributed by atoms with E-state index in [0.29, 0.717) is 0 Å². The van der Waals surface area contributed by atoms with E-state index in [9.17, 15) is 55.9 Å². The van der Waals surface area contributed by atoms with Crippen LogP contribution in [-0.2, 0) is 9.47 Å². The first kappa shape index (κ1) is 30.9. The Morgan fingerprint density at radius 1 is 0.674 bits per heavy atom. The summed E-state index contributed by atoms with van der Waals surface area (Å²) in [5.74, 6) is -2.02. The molecule has 0 bridgehead atoms. The van der Waals surface area contributed by atoms with Crippen LogP contribution in [0.3, 0.4) is 0 Å². The summed E-state index contributed by atoms with van der Waals surface area (Å²) in [4.78, 5) is 13.7. The van der Waals surface area contributed by atoms with E-state index in [2.05, 4.69) is 0 Å². The van der Waals surface area contributed by atoms with Crippen molar-refractivity contribution in [2.24, 2.45) is 0 Å². The lowest BCUT2D eigenvalue weighted by Crippen LogP contribution is -2.60. The number of aliphatic hydroxyl groups is 8. The Balaban J connectivity index is 1.56. The Hall–Kier alpha value is -3.55. The van der Waals surface area contributed by atoms with Crippen molar-refractivity contribution in [1.29, 1.82) is 0 Å². The first-order valence-electron chi connectivity index (χ1n) is 13.0. The quantitative estimate of drug-likeness (QED) is 0.121. The van der Waals surface area contributed by atoms with Crippen LogP contribution in [0.1, 0.15) is 0 Å². The van der Waals surface area contributed by atoms with Crippen LogP contribution in [0.5, 0.6) is 23.0 Å². The SMILES string of the molecule is O=c1c(O[C@@H]2O[C@H](CO)[C@@H](O)[C@H](O)[C@@H]2O)c(-c2ccc(O)c(O)c2)oc2cc(O[C@@H]3O[C@H](CO)[C@@H](O)[C@H](O)[C@H]3O)ccc12. The maximum absolute atomic E-state index is 13.7. The zero-order valence-corrected chi connectivity index (χ0v) is 22.1. The lowest BCUT2D eigenvalue weighted by atomic mass is 9.99. The van der Waals surface area contributed by atoms with Crippen LogP contribution in [0, 0.1) is 0 Å². The van der Waals surface area contributed by atoms with Crippen molar-refractivity contribution in [3.8, 4) is 34.3 Å². The van der Waals surface area contributed by atoms with Gasteiger partial charge in [-0.3, -0.25) is 4.79 Å². The third-order valence-corrected chi connectivity index (χ3v) is 7.24. The molecule has 16 heteroatoms. The van der Waals surface area contributed by atoms with Crippen LogP contribution < -0.4 is 14.9 Å². The number of ether oxygens (including phenoxy) is 4. The molecule has 0 spiro atoms. The minimum Gasteiger partial charge on any atom is -0.504 e. The van der Waals surface area contributed by atoms with E-state index in [1.165, 1.54) is 24.3 Å². The van der Waals surface area contributed by atoms with Gasteiger partial charge in [-0.1, -0.05) is 0 Å². The van der Waals surface area contributed by atoms with Crippen molar-refractivity contribution < 1.29 is 74.4 Å². The van der Waals surface area contributed by atoms with E-state index in [1.54, 1.807) is 0 Å². The van der Waals surface area contributed by atoms with Crippen LogP contribution in [0.25, 0.3) is 22.3 Å². The lowest BCUT2D eigenvalue weighted by Gasteiger charge is -2.39. The van der Waals surface area contributed by atoms with Gasteiger partial charge in [0, 0.05) is 11.6 Å². The van der Waals surface area contributed by atoms with Crippen LogP contribution in [0.2, 0.25) is 0 Å². The fourth-order valence-electron chi connectivity index (χ4n) is 4.77. The molecule has 2 aliphatic heterocycles. The number of hydrogen-bond acceptors (Lipinski definition) is 16. The number of rotatable bonds is 7. The second-order valence-corrected chi connectivity index (χ2v) is 10.1. The van der Waals surface area contributed by atoms with Crippen LogP contribution in [0.4, 0.5) is 0 Å². The maximum atomic E-state index is 13.7. The second-order valence-electron chi connectivity index (χ2n) is 10.1. The maximum Gasteiger partial charge on any atom is 0.235 e. The number of phenolic OH excluding ortho intramolecular Hbond substituents is 2. The fraction of sp³-hybridized carbons (Fsp3) is 0.444. The Bertz CT molecular complexity index is 1500. The van der Waals surface area contributed by atoms with Crippen molar-refractivity contribution in [2.45, 2.75) is 61.4 Å². The van der Waals surface area contributed by atoms with Crippen LogP contribution in [-0.4, -0.2) is 126 Å². The van der Waals surface area contributed by atoms with Crippen LogP contribution in [0.15, 0.2) is 45.6 Å². The molecule has 16 nitrogen and oxygen atoms in total. The zero-order valence-electron chi connectivity index (χ0n) is 22.1. The molecule has 0 radical (unpaired) electrons. The number of aliphatic hydroxyl groups excluding tert-OH is 8. The van der Waals surface area contributed by atoms with Gasteiger partial charge in [0.1, 0.15) is 60.2 Å². The molecule has 2 saturated heterocycles. The largest absolute Gasteiger partial charge is 0.504 e. The van der Waals surface area contributed by atoms with Gasteiger partial charge in [0.05, 0.1) is 18.6 Å². The molecule has 1 aromatic heterocycles. The van der Waals surface area contributed by atoms with Crippen molar-refractivity contribution in [2.75, 3.05) is 13.2 Å². The van der Waals surface area contributed by atoms with Gasteiger partial charge < -0.3 is 74.4 Å². The molecule has 2 aromatic carbocycles. The normalized spacial score (nSPS) is 32.9. The molecule has 5 rings (SSSR count). The monoisotopic (exact) mass is 610 g/mol. The van der Waals surface area contributed by atoms with Gasteiger partial charge in [-0.05, 0) is 30.3 Å². The van der Waals surface area contributed by atoms with Gasteiger partial charge in [0.25, 0.3) is 0 Å². The highest BCUT2D eigenvalue weighted by Crippen LogP contribution is 2.38. The smallest absolute Gasteiger partial charge is 0.235 e. The topological polar surface area (TPSA) is 269 Å². The predicted molar refractivity (Wildman–Crippen MR) is 140 cm³/mol. The highest BCUT2D eigenvalue weighted by atomic mass is 16.7. The Kier molecular flexibility index (Phi) is 8.77. The van der Waals surface area contributed by atoms with E-state index in [1.807, 2.05) is 0 Å². The highest BCUT2D eigenvalue weighted by Gasteiger charge is 2.46. The first-order chi connectivity index (χ1) is 20.4. The predicted octanol–water partition coefficient (Wildman–Crippen LogP) is -2.77. The molecular formula is C27H30O16. The Morgan fingerprint density at radius 3 is 1.81 bits per heavy atom. The van der Waals surface area contributed by atoms with Gasteiger partial charge in [-0.25, -0.2) is 0 Å². The average Bonchev–Trinajstić information content (AvgIpc) is 3.00. The number of hydrogen-bond donors (Lipinski definition) is 10. The standard InChI is InChI=1S/C27H30O16/c28-7-15-18(33)20(35)22(37)26(41-15)39-10-2-3-11-14(6-10)40-24(9-1-4-12(30)13(31)5-9)25(17(11)32)43-27-23(38)21(36)19(34)16(8-29)42-27/h1-6,15-16,18-23,26-31,33-38H,7-8H2/t15-,16-,18-,19-,20+,21+,22-,23+,26-,27+/m1/s1. The molecule has 3 heterocycles. The molecule has 0 aliphatic carbocycles. The summed E-state index contributed by atoms with van der Waals surface area (Å²) in [6, 6.07) is 7.18. The summed E-state index contributed by atoms with van der Waals surface area (Å²) >= 11 is 0. The van der Waals surface area contributed by atoms with E-state index in [4.69, 9.17) is 23.4 Å². The third-order valence-electron chi connectivity index (χ3n) is 7.24. The molecule has 234 valence electrons. The van der Waals surface area contributed by atoms with Gasteiger partial charge in [-0.2, -0.15) is 0 Å². The molecule has 2 fully saturated rings. The number of phenols is 2. The van der Waals surface area contributed by atoms with E-state index >= 15 is 0 Å². The van der Waals surface area contributed by atoms with Crippen molar-refractivity contribution in [1.82, 2.24) is 0 Å². The number of aromatic hydroxyl groups is 2. The molecule has 3 aromatic rings. The molecule has 43 heavy (non-hydrogen) atoms. The fourth-order valence-corrected chi connectivity index (χ4v) is 4.77. The molecule has 0 unspecified atom stereocenters. The summed E-state index contributed by atoms with van der Waals surface area (Å²) in [6.07, 6.45) is -16.3. The third kappa shape index (κ3) is 5.73. The lowest BCUT2D eigenvalue weighted by molar-refractivity contribution is -0.277. The van der Waals surface area contributed by atoms with E-state index in [0.717, 1.165) is 12.1 Å². The Labute approximate surface area is 241 Å². The number of benzene rings is 2. The van der Waals surface area contributed by atoms with Crippen molar-refractivity contribution in [3.05, 3.63) is 46.6 Å². The molecule has 10 N–H and O–H groups in total. The second kappa shape index (κ2) is 12.2. The highest BCUT2D eigenvalue weighted by molar-refractivity contribution is 5.83. The zero-order chi connectivity index (χ0) is 31.2. The Morgan fingerprint density at radius 2 is 1.26 bits per heavy atom. The molecule has 0 amide bonds. The van der Waals surface area contributed by atoms with E-state index < -0.39 is 97.3 Å². The van der Waals surface area contributed by atoms with Gasteiger partial charge in [0.15, 0.2) is 17.3 Å². The van der Waals surface area contributed by atoms with E-state index in [-0.39, 0.29) is 28.0 Å². The number of fused-ring (bicyclic) bond motifs is 1. The first-order valence-corrected chi connectivity index (χ1v) is 13.0. The summed E-state index contributed by atoms with van der Waals surface area (Å²) in [6.45, 7) is -1.44. The summed E-state index contributed by atoms with van der Waals surface area (Å²) in [7, 11) is 0.